The van der Waals surface area contributed by atoms with Crippen LogP contribution in [0.4, 0.5) is 4.39 Å². The predicted molar refractivity (Wildman–Crippen MR) is 127 cm³/mol. The van der Waals surface area contributed by atoms with Crippen molar-refractivity contribution in [3.8, 4) is 0 Å². The second kappa shape index (κ2) is 9.33. The standard InChI is InChI=1S/C25H25FN2O4S/c1-3-32-25(29)24-22(15-27-33(30,31)4-2)21-14-19(26)12-13-23(21)28(24)16-18-10-7-9-17-8-5-6-11-20(17)18/h5-14,27H,3-4,15-16H2,1-2H3. The first-order valence-corrected chi connectivity index (χ1v) is 12.4. The van der Waals surface area contributed by atoms with Crippen molar-refractivity contribution in [2.45, 2.75) is 26.9 Å². The first-order chi connectivity index (χ1) is 15.8. The van der Waals surface area contributed by atoms with Crippen molar-refractivity contribution in [2.24, 2.45) is 0 Å². The lowest BCUT2D eigenvalue weighted by molar-refractivity contribution is 0.0513. The number of nitrogens with zero attached hydrogens (tertiary/aromatic N) is 1. The second-order valence-corrected chi connectivity index (χ2v) is 9.75. The normalized spacial score (nSPS) is 11.8. The van der Waals surface area contributed by atoms with Crippen LogP contribution in [0.1, 0.15) is 35.5 Å². The van der Waals surface area contributed by atoms with E-state index in [1.165, 1.54) is 19.1 Å². The molecular formula is C25H25FN2O4S. The number of carbonyl (C=O) groups is 1. The SMILES string of the molecule is CCOC(=O)c1c(CNS(=O)(=O)CC)c2cc(F)ccc2n1Cc1cccc2ccccc12. The minimum Gasteiger partial charge on any atom is -0.461 e. The van der Waals surface area contributed by atoms with E-state index in [1.807, 2.05) is 42.5 Å². The van der Waals surface area contributed by atoms with Crippen molar-refractivity contribution in [2.75, 3.05) is 12.4 Å². The number of sulfonamides is 1. The van der Waals surface area contributed by atoms with Gasteiger partial charge in [0.2, 0.25) is 10.0 Å². The molecule has 1 N–H and O–H groups in total. The number of esters is 1. The molecule has 172 valence electrons. The zero-order chi connectivity index (χ0) is 23.6. The molecule has 0 atom stereocenters. The smallest absolute Gasteiger partial charge is 0.355 e. The molecular weight excluding hydrogens is 443 g/mol. The van der Waals surface area contributed by atoms with E-state index in [0.29, 0.717) is 23.0 Å². The molecule has 8 heteroatoms. The number of carbonyl (C=O) groups excluding carboxylic acids is 1. The fraction of sp³-hybridized carbons (Fsp3) is 0.240. The molecule has 3 aromatic carbocycles. The van der Waals surface area contributed by atoms with Crippen LogP contribution >= 0.6 is 0 Å². The van der Waals surface area contributed by atoms with Crippen molar-refractivity contribution in [1.82, 2.24) is 9.29 Å². The first-order valence-electron chi connectivity index (χ1n) is 10.8. The van der Waals surface area contributed by atoms with Crippen LogP contribution in [0.15, 0.2) is 60.7 Å². The topological polar surface area (TPSA) is 77.4 Å². The lowest BCUT2D eigenvalue weighted by Crippen LogP contribution is -2.26. The molecule has 33 heavy (non-hydrogen) atoms. The molecule has 0 amide bonds. The third-order valence-corrected chi connectivity index (χ3v) is 7.00. The Morgan fingerprint density at radius 3 is 2.55 bits per heavy atom. The van der Waals surface area contributed by atoms with E-state index < -0.39 is 21.8 Å². The van der Waals surface area contributed by atoms with Crippen LogP contribution in [0, 0.1) is 5.82 Å². The van der Waals surface area contributed by atoms with Crippen LogP contribution in [0.5, 0.6) is 0 Å². The monoisotopic (exact) mass is 468 g/mol. The Bertz CT molecular complexity index is 1440. The Labute approximate surface area is 192 Å². The summed E-state index contributed by atoms with van der Waals surface area (Å²) in [6, 6.07) is 18.1. The lowest BCUT2D eigenvalue weighted by atomic mass is 10.0. The molecule has 1 aromatic heterocycles. The minimum absolute atomic E-state index is 0.106. The Kier molecular flexibility index (Phi) is 6.49. The van der Waals surface area contributed by atoms with Gasteiger partial charge < -0.3 is 9.30 Å². The van der Waals surface area contributed by atoms with Gasteiger partial charge in [0.15, 0.2) is 0 Å². The van der Waals surface area contributed by atoms with Crippen molar-refractivity contribution in [3.63, 3.8) is 0 Å². The molecule has 6 nitrogen and oxygen atoms in total. The van der Waals surface area contributed by atoms with Gasteiger partial charge in [-0.05, 0) is 48.4 Å². The van der Waals surface area contributed by atoms with Crippen LogP contribution in [-0.2, 0) is 27.8 Å². The number of benzene rings is 3. The van der Waals surface area contributed by atoms with Crippen LogP contribution < -0.4 is 4.72 Å². The third kappa shape index (κ3) is 4.62. The summed E-state index contributed by atoms with van der Waals surface area (Å²) < 4.78 is 48.1. The van der Waals surface area contributed by atoms with Gasteiger partial charge in [-0.1, -0.05) is 42.5 Å². The quantitative estimate of drug-likeness (QED) is 0.384. The van der Waals surface area contributed by atoms with Gasteiger partial charge in [-0.15, -0.1) is 0 Å². The molecule has 0 fully saturated rings. The molecule has 0 radical (unpaired) electrons. The van der Waals surface area contributed by atoms with Gasteiger partial charge in [-0.25, -0.2) is 22.3 Å². The van der Waals surface area contributed by atoms with Gasteiger partial charge in [-0.2, -0.15) is 0 Å². The fourth-order valence-electron chi connectivity index (χ4n) is 4.06. The molecule has 0 saturated carbocycles. The number of rotatable bonds is 8. The highest BCUT2D eigenvalue weighted by Gasteiger charge is 2.25. The maximum absolute atomic E-state index is 14.2. The van der Waals surface area contributed by atoms with E-state index in [0.717, 1.165) is 16.3 Å². The summed E-state index contributed by atoms with van der Waals surface area (Å²) in [6.45, 7) is 3.57. The maximum Gasteiger partial charge on any atom is 0.355 e. The van der Waals surface area contributed by atoms with E-state index in [4.69, 9.17) is 4.74 Å². The Balaban J connectivity index is 1.94. The molecule has 0 unspecified atom stereocenters. The summed E-state index contributed by atoms with van der Waals surface area (Å²) >= 11 is 0. The number of ether oxygens (including phenoxy) is 1. The summed E-state index contributed by atoms with van der Waals surface area (Å²) in [5.41, 5.74) is 2.20. The van der Waals surface area contributed by atoms with Gasteiger partial charge in [-0.3, -0.25) is 0 Å². The first kappa shape index (κ1) is 22.9. The average Bonchev–Trinajstić information content (AvgIpc) is 3.10. The van der Waals surface area contributed by atoms with Gasteiger partial charge in [0.25, 0.3) is 0 Å². The fourth-order valence-corrected chi connectivity index (χ4v) is 4.63. The van der Waals surface area contributed by atoms with E-state index in [-0.39, 0.29) is 24.6 Å². The molecule has 4 rings (SSSR count). The summed E-state index contributed by atoms with van der Waals surface area (Å²) in [5, 5.41) is 2.57. The number of hydrogen-bond acceptors (Lipinski definition) is 4. The van der Waals surface area contributed by atoms with Crippen LogP contribution in [0.25, 0.3) is 21.7 Å². The van der Waals surface area contributed by atoms with Gasteiger partial charge in [0, 0.05) is 29.6 Å². The second-order valence-electron chi connectivity index (χ2n) is 7.66. The van der Waals surface area contributed by atoms with Crippen molar-refractivity contribution < 1.29 is 22.3 Å². The molecule has 0 aliphatic carbocycles. The largest absolute Gasteiger partial charge is 0.461 e. The number of aromatic nitrogens is 1. The van der Waals surface area contributed by atoms with Crippen molar-refractivity contribution in [1.29, 1.82) is 0 Å². The highest BCUT2D eigenvalue weighted by molar-refractivity contribution is 7.89. The average molecular weight is 469 g/mol. The molecule has 0 spiro atoms. The van der Waals surface area contributed by atoms with Gasteiger partial charge in [0.05, 0.1) is 12.4 Å². The summed E-state index contributed by atoms with van der Waals surface area (Å²) in [5.74, 6) is -1.16. The predicted octanol–water partition coefficient (Wildman–Crippen LogP) is 4.60. The summed E-state index contributed by atoms with van der Waals surface area (Å²) in [4.78, 5) is 13.1. The molecule has 0 aliphatic heterocycles. The number of hydrogen-bond donors (Lipinski definition) is 1. The lowest BCUT2D eigenvalue weighted by Gasteiger charge is -2.14. The summed E-state index contributed by atoms with van der Waals surface area (Å²) in [7, 11) is -3.53. The number of halogens is 1. The third-order valence-electron chi connectivity index (χ3n) is 5.66. The van der Waals surface area contributed by atoms with E-state index in [1.54, 1.807) is 17.6 Å². The van der Waals surface area contributed by atoms with Gasteiger partial charge in [0.1, 0.15) is 11.5 Å². The summed E-state index contributed by atoms with van der Waals surface area (Å²) in [6.07, 6.45) is 0. The van der Waals surface area contributed by atoms with Gasteiger partial charge >= 0.3 is 5.97 Å². The zero-order valence-electron chi connectivity index (χ0n) is 18.5. The highest BCUT2D eigenvalue weighted by Crippen LogP contribution is 2.30. The Morgan fingerprint density at radius 2 is 1.79 bits per heavy atom. The zero-order valence-corrected chi connectivity index (χ0v) is 19.3. The minimum atomic E-state index is -3.53. The molecule has 0 aliphatic rings. The van der Waals surface area contributed by atoms with Crippen molar-refractivity contribution in [3.05, 3.63) is 83.3 Å². The Hall–Kier alpha value is -3.23. The molecule has 1 heterocycles. The van der Waals surface area contributed by atoms with Crippen molar-refractivity contribution >= 4 is 37.7 Å². The highest BCUT2D eigenvalue weighted by atomic mass is 32.2. The maximum atomic E-state index is 14.2. The molecule has 0 bridgehead atoms. The Morgan fingerprint density at radius 1 is 1.03 bits per heavy atom. The van der Waals surface area contributed by atoms with Crippen LogP contribution in [0.2, 0.25) is 0 Å². The van der Waals surface area contributed by atoms with E-state index in [9.17, 15) is 17.6 Å². The number of nitrogens with one attached hydrogen (secondary N) is 1. The van der Waals surface area contributed by atoms with Crippen LogP contribution in [-0.4, -0.2) is 31.3 Å². The number of fused-ring (bicyclic) bond motifs is 2. The van der Waals surface area contributed by atoms with E-state index >= 15 is 0 Å². The molecule has 4 aromatic rings. The van der Waals surface area contributed by atoms with E-state index in [2.05, 4.69) is 4.72 Å². The van der Waals surface area contributed by atoms with Crippen LogP contribution in [0.3, 0.4) is 0 Å². The molecule has 0 saturated heterocycles.